The molecule has 0 saturated carbocycles. The Hall–Kier alpha value is -1.60. The molecule has 1 amide bonds. The number of nitrogens with zero attached hydrogens (tertiary/aromatic N) is 1. The number of nitrogens with one attached hydrogen (secondary N) is 1. The number of benzene rings is 1. The Morgan fingerprint density at radius 1 is 1.25 bits per heavy atom. The van der Waals surface area contributed by atoms with Crippen LogP contribution in [0.15, 0.2) is 30.3 Å². The fourth-order valence-electron chi connectivity index (χ4n) is 3.32. The van der Waals surface area contributed by atoms with Crippen LogP contribution in [0.1, 0.15) is 19.3 Å². The zero-order chi connectivity index (χ0) is 17.0. The summed E-state index contributed by atoms with van der Waals surface area (Å²) < 4.78 is 29.1. The first-order chi connectivity index (χ1) is 11.5. The summed E-state index contributed by atoms with van der Waals surface area (Å²) in [5.74, 6) is 0.207. The second kappa shape index (κ2) is 7.53. The molecule has 132 valence electrons. The third-order valence-electron chi connectivity index (χ3n) is 4.60. The summed E-state index contributed by atoms with van der Waals surface area (Å²) in [5, 5.41) is 2.91. The maximum Gasteiger partial charge on any atom is 0.239 e. The van der Waals surface area contributed by atoms with E-state index in [0.29, 0.717) is 13.0 Å². The first-order valence-corrected chi connectivity index (χ1v) is 10.3. The highest BCUT2D eigenvalue weighted by Gasteiger charge is 2.33. The van der Waals surface area contributed by atoms with Gasteiger partial charge in [0.2, 0.25) is 5.91 Å². The van der Waals surface area contributed by atoms with Crippen molar-refractivity contribution in [1.82, 2.24) is 5.32 Å². The topological polar surface area (TPSA) is 75.7 Å². The number of hydrogen-bond acceptors (Lipinski definition) is 5. The fourth-order valence-corrected chi connectivity index (χ4v) is 5.05. The van der Waals surface area contributed by atoms with Gasteiger partial charge in [-0.15, -0.1) is 0 Å². The summed E-state index contributed by atoms with van der Waals surface area (Å²) in [6, 6.07) is 9.39. The predicted octanol–water partition coefficient (Wildman–Crippen LogP) is 0.975. The molecule has 2 fully saturated rings. The Kier molecular flexibility index (Phi) is 5.40. The second-order valence-electron chi connectivity index (χ2n) is 6.46. The number of hydrogen-bond donors (Lipinski definition) is 1. The maximum absolute atomic E-state index is 12.3. The first kappa shape index (κ1) is 17.2. The Balaban J connectivity index is 1.64. The number of carbonyl (C=O) groups excluding carboxylic acids is 1. The third kappa shape index (κ3) is 4.48. The van der Waals surface area contributed by atoms with E-state index in [1.165, 1.54) is 0 Å². The lowest BCUT2D eigenvalue weighted by Crippen LogP contribution is -2.45. The average Bonchev–Trinajstić information content (AvgIpc) is 3.21. The molecule has 2 unspecified atom stereocenters. The van der Waals surface area contributed by atoms with Crippen LogP contribution in [0.25, 0.3) is 0 Å². The molecular formula is C17H24N2O4S. The summed E-state index contributed by atoms with van der Waals surface area (Å²) >= 11 is 0. The van der Waals surface area contributed by atoms with Gasteiger partial charge in [0, 0.05) is 24.9 Å². The first-order valence-electron chi connectivity index (χ1n) is 8.44. The number of anilines is 1. The smallest absolute Gasteiger partial charge is 0.239 e. The van der Waals surface area contributed by atoms with E-state index in [0.717, 1.165) is 25.1 Å². The molecule has 2 saturated heterocycles. The summed E-state index contributed by atoms with van der Waals surface area (Å²) in [7, 11) is -3.00. The quantitative estimate of drug-likeness (QED) is 0.826. The number of amides is 1. The van der Waals surface area contributed by atoms with Crippen LogP contribution in [0.3, 0.4) is 0 Å². The highest BCUT2D eigenvalue weighted by Crippen LogP contribution is 2.24. The molecule has 1 aromatic rings. The van der Waals surface area contributed by atoms with Crippen molar-refractivity contribution in [3.8, 4) is 0 Å². The highest BCUT2D eigenvalue weighted by molar-refractivity contribution is 7.91. The molecule has 0 radical (unpaired) electrons. The number of carbonyl (C=O) groups is 1. The zero-order valence-corrected chi connectivity index (χ0v) is 14.5. The molecule has 2 aliphatic heterocycles. The number of sulfone groups is 1. The van der Waals surface area contributed by atoms with Crippen molar-refractivity contribution in [2.75, 3.05) is 36.1 Å². The van der Waals surface area contributed by atoms with Gasteiger partial charge in [-0.1, -0.05) is 18.2 Å². The van der Waals surface area contributed by atoms with Crippen LogP contribution in [0, 0.1) is 0 Å². The Morgan fingerprint density at radius 3 is 2.67 bits per heavy atom. The molecule has 2 heterocycles. The van der Waals surface area contributed by atoms with E-state index in [9.17, 15) is 13.2 Å². The van der Waals surface area contributed by atoms with E-state index in [-0.39, 0.29) is 36.1 Å². The molecule has 0 bridgehead atoms. The van der Waals surface area contributed by atoms with Gasteiger partial charge in [0.05, 0.1) is 24.2 Å². The molecule has 0 aromatic heterocycles. The Bertz CT molecular complexity index is 656. The van der Waals surface area contributed by atoms with Gasteiger partial charge in [0.15, 0.2) is 9.84 Å². The summed E-state index contributed by atoms with van der Waals surface area (Å²) in [4.78, 5) is 14.3. The van der Waals surface area contributed by atoms with E-state index in [1.807, 2.05) is 35.2 Å². The van der Waals surface area contributed by atoms with E-state index in [2.05, 4.69) is 5.32 Å². The average molecular weight is 352 g/mol. The van der Waals surface area contributed by atoms with Gasteiger partial charge in [0.25, 0.3) is 0 Å². The minimum Gasteiger partial charge on any atom is -0.376 e. The van der Waals surface area contributed by atoms with Crippen LogP contribution < -0.4 is 10.2 Å². The van der Waals surface area contributed by atoms with Crippen molar-refractivity contribution in [3.63, 3.8) is 0 Å². The lowest BCUT2D eigenvalue weighted by atomic mass is 10.2. The molecule has 24 heavy (non-hydrogen) atoms. The number of ether oxygens (including phenoxy) is 1. The van der Waals surface area contributed by atoms with Crippen molar-refractivity contribution in [3.05, 3.63) is 30.3 Å². The predicted molar refractivity (Wildman–Crippen MR) is 92.8 cm³/mol. The molecule has 7 heteroatoms. The molecule has 1 N–H and O–H groups in total. The van der Waals surface area contributed by atoms with Crippen LogP contribution >= 0.6 is 0 Å². The summed E-state index contributed by atoms with van der Waals surface area (Å²) in [5.41, 5.74) is 0.881. The molecule has 1 aromatic carbocycles. The minimum absolute atomic E-state index is 0.0985. The molecule has 6 nitrogen and oxygen atoms in total. The van der Waals surface area contributed by atoms with Crippen molar-refractivity contribution < 1.29 is 17.9 Å². The number of rotatable bonds is 6. The van der Waals surface area contributed by atoms with Crippen molar-refractivity contribution in [2.45, 2.75) is 31.4 Å². The van der Waals surface area contributed by atoms with Crippen LogP contribution in [-0.4, -0.2) is 57.7 Å². The largest absolute Gasteiger partial charge is 0.376 e. The summed E-state index contributed by atoms with van der Waals surface area (Å²) in [6.07, 6.45) is 2.68. The van der Waals surface area contributed by atoms with E-state index >= 15 is 0 Å². The SMILES string of the molecule is O=C(CN(c1ccccc1)C1CCS(=O)(=O)C1)NCC1CCCO1. The normalized spacial score (nSPS) is 25.5. The fraction of sp³-hybridized carbons (Fsp3) is 0.588. The van der Waals surface area contributed by atoms with Gasteiger partial charge in [-0.3, -0.25) is 4.79 Å². The molecule has 2 aliphatic rings. The lowest BCUT2D eigenvalue weighted by Gasteiger charge is -2.30. The highest BCUT2D eigenvalue weighted by atomic mass is 32.2. The molecular weight excluding hydrogens is 328 g/mol. The molecule has 3 rings (SSSR count). The van der Waals surface area contributed by atoms with E-state index < -0.39 is 9.84 Å². The van der Waals surface area contributed by atoms with Gasteiger partial charge < -0.3 is 15.0 Å². The van der Waals surface area contributed by atoms with Crippen LogP contribution in [-0.2, 0) is 19.4 Å². The Labute approximate surface area is 143 Å². The monoisotopic (exact) mass is 352 g/mol. The number of para-hydroxylation sites is 1. The van der Waals surface area contributed by atoms with Gasteiger partial charge >= 0.3 is 0 Å². The third-order valence-corrected chi connectivity index (χ3v) is 6.35. The zero-order valence-electron chi connectivity index (χ0n) is 13.7. The van der Waals surface area contributed by atoms with Gasteiger partial charge in [-0.2, -0.15) is 0 Å². The Morgan fingerprint density at radius 2 is 2.04 bits per heavy atom. The molecule has 2 atom stereocenters. The lowest BCUT2D eigenvalue weighted by molar-refractivity contribution is -0.120. The van der Waals surface area contributed by atoms with Gasteiger partial charge in [-0.25, -0.2) is 8.42 Å². The summed E-state index contributed by atoms with van der Waals surface area (Å²) in [6.45, 7) is 1.44. The van der Waals surface area contributed by atoms with Crippen molar-refractivity contribution >= 4 is 21.4 Å². The van der Waals surface area contributed by atoms with Crippen molar-refractivity contribution in [1.29, 1.82) is 0 Å². The standard InChI is InChI=1S/C17H24N2O4S/c20-17(18-11-16-7-4-9-23-16)12-19(14-5-2-1-3-6-14)15-8-10-24(21,22)13-15/h1-3,5-6,15-16H,4,7-13H2,(H,18,20). The van der Waals surface area contributed by atoms with Crippen LogP contribution in [0.2, 0.25) is 0 Å². The van der Waals surface area contributed by atoms with Crippen molar-refractivity contribution in [2.24, 2.45) is 0 Å². The van der Waals surface area contributed by atoms with Crippen LogP contribution in [0.4, 0.5) is 5.69 Å². The van der Waals surface area contributed by atoms with Gasteiger partial charge in [-0.05, 0) is 31.4 Å². The second-order valence-corrected chi connectivity index (χ2v) is 8.69. The van der Waals surface area contributed by atoms with E-state index in [1.54, 1.807) is 0 Å². The molecule has 0 aliphatic carbocycles. The van der Waals surface area contributed by atoms with Crippen LogP contribution in [0.5, 0.6) is 0 Å². The minimum atomic E-state index is -3.00. The maximum atomic E-state index is 12.3. The van der Waals surface area contributed by atoms with E-state index in [4.69, 9.17) is 4.74 Å². The van der Waals surface area contributed by atoms with Gasteiger partial charge in [0.1, 0.15) is 0 Å². The molecule has 0 spiro atoms.